The Morgan fingerprint density at radius 2 is 1.90 bits per heavy atom. The fraction of sp³-hybridized carbons (Fsp3) is 0.231. The second-order valence-corrected chi connectivity index (χ2v) is 5.02. The van der Waals surface area contributed by atoms with Gasteiger partial charge in [-0.3, -0.25) is 0 Å². The first-order valence-electron chi connectivity index (χ1n) is 5.94. The number of hydrogen-bond acceptors (Lipinski definition) is 2. The first-order chi connectivity index (χ1) is 9.75. The normalized spacial score (nSPS) is 11.7. The lowest BCUT2D eigenvalue weighted by Crippen LogP contribution is -2.09. The van der Waals surface area contributed by atoms with E-state index in [1.165, 1.54) is 12.1 Å². The van der Waals surface area contributed by atoms with Gasteiger partial charge in [-0.25, -0.2) is 9.48 Å². The van der Waals surface area contributed by atoms with Gasteiger partial charge in [-0.15, -0.1) is 0 Å². The molecule has 112 valence electrons. The zero-order valence-corrected chi connectivity index (χ0v) is 12.4. The van der Waals surface area contributed by atoms with Crippen molar-refractivity contribution in [2.75, 3.05) is 0 Å². The zero-order valence-electron chi connectivity index (χ0n) is 10.8. The Morgan fingerprint density at radius 3 is 2.33 bits per heavy atom. The van der Waals surface area contributed by atoms with Crippen LogP contribution in [0.1, 0.15) is 28.7 Å². The van der Waals surface area contributed by atoms with Crippen LogP contribution in [0.4, 0.5) is 13.2 Å². The summed E-state index contributed by atoms with van der Waals surface area (Å²) in [5.41, 5.74) is -0.148. The average molecular weight is 363 g/mol. The molecule has 1 heterocycles. The Bertz CT molecular complexity index is 678. The van der Waals surface area contributed by atoms with Gasteiger partial charge in [0.05, 0.1) is 21.4 Å². The van der Waals surface area contributed by atoms with Crippen molar-refractivity contribution in [3.63, 3.8) is 0 Å². The van der Waals surface area contributed by atoms with Crippen LogP contribution in [0, 0.1) is 0 Å². The molecule has 0 aliphatic heterocycles. The third-order valence-corrected chi connectivity index (χ3v) is 3.70. The highest BCUT2D eigenvalue weighted by atomic mass is 79.9. The van der Waals surface area contributed by atoms with Crippen molar-refractivity contribution in [2.24, 2.45) is 0 Å². The number of carboxylic acids is 1. The minimum absolute atomic E-state index is 0.119. The molecule has 0 amide bonds. The fourth-order valence-electron chi connectivity index (χ4n) is 1.83. The number of rotatable bonds is 3. The highest BCUT2D eigenvalue weighted by Crippen LogP contribution is 2.30. The molecule has 2 rings (SSSR count). The van der Waals surface area contributed by atoms with Crippen molar-refractivity contribution in [1.29, 1.82) is 0 Å². The highest BCUT2D eigenvalue weighted by molar-refractivity contribution is 9.10. The second kappa shape index (κ2) is 5.51. The molecule has 2 aromatic rings. The molecule has 0 saturated heterocycles. The van der Waals surface area contributed by atoms with E-state index in [1.807, 2.05) is 0 Å². The Labute approximate surface area is 126 Å². The summed E-state index contributed by atoms with van der Waals surface area (Å²) in [5.74, 6) is -1.21. The number of aromatic nitrogens is 2. The van der Waals surface area contributed by atoms with Crippen LogP contribution in [0.15, 0.2) is 28.7 Å². The molecule has 0 saturated carbocycles. The average Bonchev–Trinajstić information content (AvgIpc) is 2.75. The van der Waals surface area contributed by atoms with Gasteiger partial charge >= 0.3 is 12.1 Å². The van der Waals surface area contributed by atoms with Gasteiger partial charge in [-0.05, 0) is 46.6 Å². The summed E-state index contributed by atoms with van der Waals surface area (Å²) in [6.45, 7) is 1.80. The first kappa shape index (κ1) is 15.6. The van der Waals surface area contributed by atoms with E-state index in [4.69, 9.17) is 0 Å². The lowest BCUT2D eigenvalue weighted by molar-refractivity contribution is -0.137. The van der Waals surface area contributed by atoms with Gasteiger partial charge in [-0.1, -0.05) is 6.92 Å². The van der Waals surface area contributed by atoms with Gasteiger partial charge in [-0.2, -0.15) is 18.3 Å². The number of halogens is 4. The molecule has 8 heteroatoms. The van der Waals surface area contributed by atoms with E-state index in [-0.39, 0.29) is 11.4 Å². The Morgan fingerprint density at radius 1 is 1.33 bits per heavy atom. The molecule has 1 aromatic carbocycles. The van der Waals surface area contributed by atoms with Crippen LogP contribution in [0.25, 0.3) is 5.69 Å². The maximum atomic E-state index is 12.5. The van der Waals surface area contributed by atoms with E-state index < -0.39 is 17.7 Å². The Balaban J connectivity index is 2.54. The topological polar surface area (TPSA) is 55.1 Å². The minimum atomic E-state index is -4.44. The lowest BCUT2D eigenvalue weighted by Gasteiger charge is -2.08. The van der Waals surface area contributed by atoms with Crippen molar-refractivity contribution in [2.45, 2.75) is 19.5 Å². The Kier molecular flexibility index (Phi) is 4.08. The number of carbonyl (C=O) groups is 1. The van der Waals surface area contributed by atoms with Gasteiger partial charge < -0.3 is 5.11 Å². The molecule has 0 aliphatic rings. The second-order valence-electron chi connectivity index (χ2n) is 4.22. The molecule has 0 radical (unpaired) electrons. The number of hydrogen-bond donors (Lipinski definition) is 1. The van der Waals surface area contributed by atoms with Gasteiger partial charge in [0.25, 0.3) is 0 Å². The molecule has 0 aliphatic carbocycles. The van der Waals surface area contributed by atoms with Gasteiger partial charge in [0.2, 0.25) is 0 Å². The molecule has 21 heavy (non-hydrogen) atoms. The number of aryl methyl sites for hydroxylation is 1. The van der Waals surface area contributed by atoms with E-state index in [0.29, 0.717) is 16.6 Å². The summed E-state index contributed by atoms with van der Waals surface area (Å²) in [7, 11) is 0. The molecule has 1 N–H and O–H groups in total. The summed E-state index contributed by atoms with van der Waals surface area (Å²) in [6, 6.07) is 4.16. The summed E-state index contributed by atoms with van der Waals surface area (Å²) < 4.78 is 39.0. The van der Waals surface area contributed by atoms with Crippen LogP contribution in [0.3, 0.4) is 0 Å². The molecule has 0 unspecified atom stereocenters. The molecule has 1 aromatic heterocycles. The van der Waals surface area contributed by atoms with Gasteiger partial charge in [0, 0.05) is 0 Å². The van der Waals surface area contributed by atoms with E-state index >= 15 is 0 Å². The highest BCUT2D eigenvalue weighted by Gasteiger charge is 2.30. The molecule has 0 bridgehead atoms. The minimum Gasteiger partial charge on any atom is -0.476 e. The van der Waals surface area contributed by atoms with Gasteiger partial charge in [0.15, 0.2) is 5.69 Å². The van der Waals surface area contributed by atoms with Gasteiger partial charge in [0.1, 0.15) is 0 Å². The van der Waals surface area contributed by atoms with Crippen molar-refractivity contribution in [3.8, 4) is 5.69 Å². The Hall–Kier alpha value is -1.83. The molecular formula is C13H10BrF3N2O2. The number of aromatic carboxylic acids is 1. The quantitative estimate of drug-likeness (QED) is 0.900. The van der Waals surface area contributed by atoms with Crippen molar-refractivity contribution in [1.82, 2.24) is 9.78 Å². The molecule has 0 atom stereocenters. The van der Waals surface area contributed by atoms with Crippen molar-refractivity contribution < 1.29 is 23.1 Å². The van der Waals surface area contributed by atoms with E-state index in [2.05, 4.69) is 21.0 Å². The molecule has 4 nitrogen and oxygen atoms in total. The van der Waals surface area contributed by atoms with E-state index in [1.54, 1.807) is 6.92 Å². The number of alkyl halides is 3. The van der Waals surface area contributed by atoms with Crippen LogP contribution in [-0.2, 0) is 12.6 Å². The number of nitrogens with zero attached hydrogens (tertiary/aromatic N) is 2. The smallest absolute Gasteiger partial charge is 0.416 e. The van der Waals surface area contributed by atoms with Crippen LogP contribution in [0.2, 0.25) is 0 Å². The van der Waals surface area contributed by atoms with Crippen LogP contribution < -0.4 is 0 Å². The molecule has 0 spiro atoms. The summed E-state index contributed by atoms with van der Waals surface area (Å²) in [4.78, 5) is 11.3. The molecule has 0 fully saturated rings. The van der Waals surface area contributed by atoms with Crippen LogP contribution in [-0.4, -0.2) is 20.9 Å². The standard InChI is InChI=1S/C13H10BrF3N2O2/c1-2-9-10(14)11(12(20)21)19(18-9)8-5-3-7(4-6-8)13(15,16)17/h3-6H,2H2,1H3,(H,20,21). The lowest BCUT2D eigenvalue weighted by atomic mass is 10.2. The SMILES string of the molecule is CCc1nn(-c2ccc(C(F)(F)F)cc2)c(C(=O)O)c1Br. The zero-order chi connectivity index (χ0) is 15.8. The third-order valence-electron chi connectivity index (χ3n) is 2.87. The number of carboxylic acid groups (broad SMARTS) is 1. The van der Waals surface area contributed by atoms with Crippen LogP contribution in [0.5, 0.6) is 0 Å². The predicted molar refractivity (Wildman–Crippen MR) is 72.6 cm³/mol. The summed E-state index contributed by atoms with van der Waals surface area (Å²) in [5, 5.41) is 13.3. The van der Waals surface area contributed by atoms with E-state index in [0.717, 1.165) is 16.8 Å². The predicted octanol–water partition coefficient (Wildman–Crippen LogP) is 3.91. The third kappa shape index (κ3) is 2.94. The number of benzene rings is 1. The van der Waals surface area contributed by atoms with Crippen molar-refractivity contribution >= 4 is 21.9 Å². The summed E-state index contributed by atoms with van der Waals surface area (Å²) >= 11 is 3.16. The largest absolute Gasteiger partial charge is 0.476 e. The van der Waals surface area contributed by atoms with Crippen LogP contribution >= 0.6 is 15.9 Å². The maximum Gasteiger partial charge on any atom is 0.416 e. The monoisotopic (exact) mass is 362 g/mol. The summed E-state index contributed by atoms with van der Waals surface area (Å²) in [6.07, 6.45) is -3.94. The van der Waals surface area contributed by atoms with Crippen molar-refractivity contribution in [3.05, 3.63) is 45.7 Å². The fourth-order valence-corrected chi connectivity index (χ4v) is 2.53. The molecular weight excluding hydrogens is 353 g/mol. The van der Waals surface area contributed by atoms with E-state index in [9.17, 15) is 23.1 Å². The maximum absolute atomic E-state index is 12.5. The first-order valence-corrected chi connectivity index (χ1v) is 6.73.